The van der Waals surface area contributed by atoms with E-state index in [0.717, 1.165) is 29.3 Å². The van der Waals surface area contributed by atoms with Crippen molar-refractivity contribution < 1.29 is 14.6 Å². The first-order chi connectivity index (χ1) is 14.0. The van der Waals surface area contributed by atoms with Crippen LogP contribution >= 0.6 is 11.8 Å². The van der Waals surface area contributed by atoms with E-state index in [1.54, 1.807) is 0 Å². The summed E-state index contributed by atoms with van der Waals surface area (Å²) in [6, 6.07) is 8.73. The maximum absolute atomic E-state index is 13.3. The minimum Gasteiger partial charge on any atom is -0.281 e. The van der Waals surface area contributed by atoms with Crippen molar-refractivity contribution in [1.29, 1.82) is 0 Å². The fourth-order valence-electron chi connectivity index (χ4n) is 3.17. The van der Waals surface area contributed by atoms with E-state index in [9.17, 15) is 25.0 Å². The summed E-state index contributed by atoms with van der Waals surface area (Å²) in [6.45, 7) is 7.61. The van der Waals surface area contributed by atoms with Crippen LogP contribution in [0.4, 0.5) is 17.1 Å². The van der Waals surface area contributed by atoms with E-state index in [-0.39, 0.29) is 5.56 Å². The molecule has 9 nitrogen and oxygen atoms in total. The molecule has 0 saturated carbocycles. The number of nitrogens with zero attached hydrogens (tertiary/aromatic N) is 4. The largest absolute Gasteiger partial charge is 0.281 e. The number of non-ortho nitro benzene ring substituents is 2. The third kappa shape index (κ3) is 4.18. The van der Waals surface area contributed by atoms with Crippen molar-refractivity contribution in [3.63, 3.8) is 0 Å². The second-order valence-electron chi connectivity index (χ2n) is 7.68. The third-order valence-electron chi connectivity index (χ3n) is 4.69. The molecule has 1 aliphatic heterocycles. The van der Waals surface area contributed by atoms with Gasteiger partial charge in [-0.3, -0.25) is 29.9 Å². The van der Waals surface area contributed by atoms with E-state index in [1.807, 2.05) is 45.9 Å². The number of carbonyl (C=O) groups excluding carboxylic acids is 1. The van der Waals surface area contributed by atoms with E-state index in [1.165, 1.54) is 16.7 Å². The van der Waals surface area contributed by atoms with Crippen LogP contribution in [-0.4, -0.2) is 37.1 Å². The zero-order chi connectivity index (χ0) is 22.2. The predicted molar refractivity (Wildman–Crippen MR) is 115 cm³/mol. The molecule has 0 spiro atoms. The van der Waals surface area contributed by atoms with E-state index in [2.05, 4.69) is 4.99 Å². The summed E-state index contributed by atoms with van der Waals surface area (Å²) >= 11 is 1.40. The summed E-state index contributed by atoms with van der Waals surface area (Å²) in [6.07, 6.45) is 0. The molecule has 1 fully saturated rings. The van der Waals surface area contributed by atoms with Gasteiger partial charge in [0.15, 0.2) is 5.17 Å². The Bertz CT molecular complexity index is 1060. The average Bonchev–Trinajstić information content (AvgIpc) is 2.97. The molecular weight excluding hydrogens is 408 g/mol. The van der Waals surface area contributed by atoms with Gasteiger partial charge in [-0.05, 0) is 39.3 Å². The molecule has 1 heterocycles. The van der Waals surface area contributed by atoms with Crippen molar-refractivity contribution in [1.82, 2.24) is 4.90 Å². The Labute approximate surface area is 177 Å². The van der Waals surface area contributed by atoms with Crippen LogP contribution in [0.2, 0.25) is 0 Å². The average molecular weight is 428 g/mol. The number of nitro groups is 2. The summed E-state index contributed by atoms with van der Waals surface area (Å²) in [4.78, 5) is 40.3. The molecule has 0 atom stereocenters. The van der Waals surface area contributed by atoms with E-state index >= 15 is 0 Å². The van der Waals surface area contributed by atoms with Crippen molar-refractivity contribution in [3.8, 4) is 0 Å². The molecule has 0 N–H and O–H groups in total. The first-order valence-corrected chi connectivity index (χ1v) is 10.1. The lowest BCUT2D eigenvalue weighted by Crippen LogP contribution is -2.46. The smallest absolute Gasteiger partial charge is 0.277 e. The molecule has 30 heavy (non-hydrogen) atoms. The number of amides is 1. The lowest BCUT2D eigenvalue weighted by molar-refractivity contribution is -0.394. The first-order valence-electron chi connectivity index (χ1n) is 9.07. The predicted octanol–water partition coefficient (Wildman–Crippen LogP) is 4.78. The normalized spacial score (nSPS) is 16.7. The van der Waals surface area contributed by atoms with Crippen molar-refractivity contribution in [2.75, 3.05) is 5.75 Å². The Morgan fingerprint density at radius 1 is 1.07 bits per heavy atom. The number of thioether (sulfide) groups is 1. The Morgan fingerprint density at radius 2 is 1.67 bits per heavy atom. The highest BCUT2D eigenvalue weighted by Gasteiger charge is 2.42. The Hall–Kier alpha value is -3.27. The van der Waals surface area contributed by atoms with Crippen LogP contribution in [-0.2, 0) is 0 Å². The fourth-order valence-corrected chi connectivity index (χ4v) is 4.40. The summed E-state index contributed by atoms with van der Waals surface area (Å²) < 4.78 is 0. The summed E-state index contributed by atoms with van der Waals surface area (Å²) in [5.74, 6) is -0.000202. The van der Waals surface area contributed by atoms with Crippen LogP contribution < -0.4 is 0 Å². The Morgan fingerprint density at radius 3 is 2.20 bits per heavy atom. The van der Waals surface area contributed by atoms with Crippen LogP contribution in [0.25, 0.3) is 0 Å². The van der Waals surface area contributed by atoms with Gasteiger partial charge in [0.25, 0.3) is 17.3 Å². The van der Waals surface area contributed by atoms with E-state index in [0.29, 0.717) is 16.6 Å². The maximum atomic E-state index is 13.3. The quantitative estimate of drug-likeness (QED) is 0.511. The van der Waals surface area contributed by atoms with Gasteiger partial charge in [-0.1, -0.05) is 29.5 Å². The van der Waals surface area contributed by atoms with Gasteiger partial charge < -0.3 is 0 Å². The number of hydrogen-bond donors (Lipinski definition) is 0. The van der Waals surface area contributed by atoms with Crippen LogP contribution in [0, 0.1) is 34.1 Å². The molecular formula is C20H20N4O5S. The lowest BCUT2D eigenvalue weighted by atomic mass is 10.0. The van der Waals surface area contributed by atoms with Crippen molar-refractivity contribution in [2.45, 2.75) is 33.2 Å². The van der Waals surface area contributed by atoms with Gasteiger partial charge in [0.05, 0.1) is 32.7 Å². The fraction of sp³-hybridized carbons (Fsp3) is 0.300. The van der Waals surface area contributed by atoms with Crippen LogP contribution in [0.1, 0.15) is 35.3 Å². The highest BCUT2D eigenvalue weighted by atomic mass is 32.2. The Kier molecular flexibility index (Phi) is 5.62. The minimum atomic E-state index is -0.752. The van der Waals surface area contributed by atoms with Crippen LogP contribution in [0.3, 0.4) is 0 Å². The highest BCUT2D eigenvalue weighted by Crippen LogP contribution is 2.37. The monoisotopic (exact) mass is 428 g/mol. The zero-order valence-corrected chi connectivity index (χ0v) is 17.7. The standard InChI is InChI=1S/C20H20N4O5S/c1-12-5-6-17(13(2)7-12)21-19-22(20(3,4)11-30-19)18(25)14-8-15(23(26)27)10-16(9-14)24(28)29/h5-10H,11H2,1-4H3. The van der Waals surface area contributed by atoms with Gasteiger partial charge in [0.1, 0.15) is 0 Å². The number of aryl methyl sites for hydroxylation is 2. The number of carbonyl (C=O) groups is 1. The molecule has 1 aliphatic rings. The molecule has 2 aromatic rings. The molecule has 3 rings (SSSR count). The molecule has 0 aliphatic carbocycles. The highest BCUT2D eigenvalue weighted by molar-refractivity contribution is 8.14. The number of nitro benzene ring substituents is 2. The van der Waals surface area contributed by atoms with Crippen molar-refractivity contribution in [3.05, 3.63) is 73.3 Å². The van der Waals surface area contributed by atoms with E-state index < -0.39 is 32.7 Å². The summed E-state index contributed by atoms with van der Waals surface area (Å²) in [7, 11) is 0. The molecule has 0 radical (unpaired) electrons. The maximum Gasteiger partial charge on any atom is 0.277 e. The number of hydrogen-bond acceptors (Lipinski definition) is 7. The van der Waals surface area contributed by atoms with Gasteiger partial charge in [-0.25, -0.2) is 4.99 Å². The molecule has 1 saturated heterocycles. The van der Waals surface area contributed by atoms with Crippen LogP contribution in [0.5, 0.6) is 0 Å². The Balaban J connectivity index is 2.09. The number of amidine groups is 1. The van der Waals surface area contributed by atoms with Crippen LogP contribution in [0.15, 0.2) is 41.4 Å². The van der Waals surface area contributed by atoms with Crippen molar-refractivity contribution >= 4 is 39.9 Å². The second-order valence-corrected chi connectivity index (χ2v) is 8.62. The number of rotatable bonds is 4. The molecule has 0 bridgehead atoms. The van der Waals surface area contributed by atoms with Gasteiger partial charge in [-0.2, -0.15) is 0 Å². The van der Waals surface area contributed by atoms with Crippen molar-refractivity contribution in [2.24, 2.45) is 4.99 Å². The van der Waals surface area contributed by atoms with Gasteiger partial charge in [0, 0.05) is 17.9 Å². The minimum absolute atomic E-state index is 0.125. The van der Waals surface area contributed by atoms with E-state index in [4.69, 9.17) is 0 Å². The molecule has 156 valence electrons. The zero-order valence-electron chi connectivity index (χ0n) is 16.9. The van der Waals surface area contributed by atoms with Gasteiger partial charge in [0.2, 0.25) is 0 Å². The topological polar surface area (TPSA) is 119 Å². The second kappa shape index (κ2) is 7.86. The summed E-state index contributed by atoms with van der Waals surface area (Å²) in [5, 5.41) is 22.8. The third-order valence-corrected chi connectivity index (χ3v) is 6.08. The first kappa shape index (κ1) is 21.4. The molecule has 0 unspecified atom stereocenters. The molecule has 0 aromatic heterocycles. The lowest BCUT2D eigenvalue weighted by Gasteiger charge is -2.30. The SMILES string of the molecule is Cc1ccc(N=C2SCC(C)(C)N2C(=O)c2cc([N+](=O)[O-])cc([N+](=O)[O-])c2)c(C)c1. The van der Waals surface area contributed by atoms with Gasteiger partial charge >= 0.3 is 0 Å². The number of benzene rings is 2. The number of aliphatic imine (C=N–C) groups is 1. The van der Waals surface area contributed by atoms with Gasteiger partial charge in [-0.15, -0.1) is 0 Å². The molecule has 2 aromatic carbocycles. The molecule has 10 heteroatoms. The molecule has 1 amide bonds. The summed E-state index contributed by atoms with van der Waals surface area (Å²) in [5.41, 5.74) is 0.982.